The normalized spacial score (nSPS) is 11.4. The first kappa shape index (κ1) is 19.4. The van der Waals surface area contributed by atoms with Crippen molar-refractivity contribution < 1.29 is 9.53 Å². The summed E-state index contributed by atoms with van der Waals surface area (Å²) < 4.78 is 5.46. The zero-order chi connectivity index (χ0) is 20.0. The van der Waals surface area contributed by atoms with Gasteiger partial charge in [0.2, 0.25) is 0 Å². The Bertz CT molecular complexity index is 939. The number of nitrogens with zero attached hydrogens (tertiary/aromatic N) is 1. The Balaban J connectivity index is 1.58. The lowest BCUT2D eigenvalue weighted by Gasteiger charge is -2.18. The number of nitrogens with one attached hydrogen (secondary N) is 1. The molecule has 0 aliphatic heterocycles. The molecular formula is C24H24N2O2. The van der Waals surface area contributed by atoms with Gasteiger partial charge in [0.1, 0.15) is 5.75 Å². The van der Waals surface area contributed by atoms with Crippen molar-refractivity contribution in [3.8, 4) is 5.75 Å². The van der Waals surface area contributed by atoms with Crippen molar-refractivity contribution in [1.29, 1.82) is 0 Å². The first-order valence-electron chi connectivity index (χ1n) is 9.19. The maximum Gasteiger partial charge on any atom is 0.343 e. The van der Waals surface area contributed by atoms with Crippen molar-refractivity contribution in [2.75, 3.05) is 5.43 Å². The fourth-order valence-corrected chi connectivity index (χ4v) is 2.59. The Kier molecular flexibility index (Phi) is 5.90. The minimum atomic E-state index is -0.368. The number of rotatable bonds is 5. The van der Waals surface area contributed by atoms with Crippen LogP contribution in [0, 0.1) is 0 Å². The summed E-state index contributed by atoms with van der Waals surface area (Å²) in [6, 6.07) is 24.5. The smallest absolute Gasteiger partial charge is 0.343 e. The van der Waals surface area contributed by atoms with E-state index in [4.69, 9.17) is 4.74 Å². The molecule has 0 aliphatic carbocycles. The van der Waals surface area contributed by atoms with Crippen LogP contribution in [0.15, 0.2) is 84.0 Å². The van der Waals surface area contributed by atoms with E-state index in [9.17, 15) is 4.79 Å². The van der Waals surface area contributed by atoms with Gasteiger partial charge in [-0.2, -0.15) is 5.10 Å². The molecule has 0 saturated carbocycles. The quantitative estimate of drug-likeness (QED) is 0.272. The van der Waals surface area contributed by atoms with Gasteiger partial charge >= 0.3 is 5.97 Å². The van der Waals surface area contributed by atoms with Crippen LogP contribution in [0.1, 0.15) is 42.3 Å². The average Bonchev–Trinajstić information content (AvgIpc) is 2.69. The van der Waals surface area contributed by atoms with E-state index in [1.165, 1.54) is 5.56 Å². The highest BCUT2D eigenvalue weighted by Gasteiger charge is 2.15. The van der Waals surface area contributed by atoms with Crippen LogP contribution in [0.4, 0.5) is 5.69 Å². The molecule has 0 radical (unpaired) electrons. The molecule has 3 aromatic rings. The molecule has 0 amide bonds. The van der Waals surface area contributed by atoms with E-state index in [0.717, 1.165) is 11.3 Å². The second-order valence-electron chi connectivity index (χ2n) is 7.52. The first-order chi connectivity index (χ1) is 13.4. The third-order valence-corrected chi connectivity index (χ3v) is 4.26. The molecule has 142 valence electrons. The molecule has 0 aliphatic rings. The van der Waals surface area contributed by atoms with Gasteiger partial charge in [0.25, 0.3) is 0 Å². The van der Waals surface area contributed by atoms with E-state index in [2.05, 4.69) is 31.3 Å². The number of hydrogen-bond acceptors (Lipinski definition) is 4. The molecule has 0 unspecified atom stereocenters. The maximum absolute atomic E-state index is 12.3. The average molecular weight is 372 g/mol. The summed E-state index contributed by atoms with van der Waals surface area (Å²) in [5.41, 5.74) is 6.54. The third kappa shape index (κ3) is 5.30. The van der Waals surface area contributed by atoms with Crippen LogP contribution in [-0.2, 0) is 5.41 Å². The molecular weight excluding hydrogens is 348 g/mol. The minimum absolute atomic E-state index is 0.0508. The molecule has 0 heterocycles. The van der Waals surface area contributed by atoms with Crippen molar-refractivity contribution in [3.05, 3.63) is 95.6 Å². The van der Waals surface area contributed by atoms with Crippen LogP contribution in [0.2, 0.25) is 0 Å². The summed E-state index contributed by atoms with van der Waals surface area (Å²) >= 11 is 0. The topological polar surface area (TPSA) is 50.7 Å². The Morgan fingerprint density at radius 1 is 0.893 bits per heavy atom. The van der Waals surface area contributed by atoms with Gasteiger partial charge in [0.05, 0.1) is 17.5 Å². The predicted octanol–water partition coefficient (Wildman–Crippen LogP) is 5.65. The van der Waals surface area contributed by atoms with Gasteiger partial charge in [0, 0.05) is 0 Å². The van der Waals surface area contributed by atoms with E-state index < -0.39 is 0 Å². The highest BCUT2D eigenvalue weighted by molar-refractivity contribution is 5.91. The summed E-state index contributed by atoms with van der Waals surface area (Å²) in [4.78, 5) is 12.3. The number of esters is 1. The van der Waals surface area contributed by atoms with Gasteiger partial charge in [-0.05, 0) is 65.1 Å². The van der Waals surface area contributed by atoms with E-state index in [1.54, 1.807) is 30.5 Å². The van der Waals surface area contributed by atoms with Crippen LogP contribution < -0.4 is 10.2 Å². The molecule has 3 aromatic carbocycles. The second-order valence-corrected chi connectivity index (χ2v) is 7.52. The lowest BCUT2D eigenvalue weighted by atomic mass is 9.87. The van der Waals surface area contributed by atoms with Crippen molar-refractivity contribution in [2.45, 2.75) is 26.2 Å². The monoisotopic (exact) mass is 372 g/mol. The second kappa shape index (κ2) is 8.53. The number of anilines is 1. The van der Waals surface area contributed by atoms with E-state index in [1.807, 2.05) is 54.6 Å². The van der Waals surface area contributed by atoms with Crippen LogP contribution >= 0.6 is 0 Å². The van der Waals surface area contributed by atoms with Gasteiger partial charge < -0.3 is 4.74 Å². The molecule has 1 N–H and O–H groups in total. The summed E-state index contributed by atoms with van der Waals surface area (Å²) in [6.07, 6.45) is 1.71. The zero-order valence-corrected chi connectivity index (χ0v) is 16.3. The molecule has 3 rings (SSSR count). The zero-order valence-electron chi connectivity index (χ0n) is 16.3. The van der Waals surface area contributed by atoms with E-state index in [0.29, 0.717) is 11.3 Å². The first-order valence-corrected chi connectivity index (χ1v) is 9.19. The summed E-state index contributed by atoms with van der Waals surface area (Å²) in [6.45, 7) is 6.42. The SMILES string of the molecule is CC(C)(C)c1ccc(C(=O)Oc2ccc(C=NNc3ccccc3)cc2)cc1. The van der Waals surface area contributed by atoms with Crippen LogP contribution in [0.3, 0.4) is 0 Å². The van der Waals surface area contributed by atoms with Gasteiger partial charge in [-0.25, -0.2) is 4.79 Å². The Morgan fingerprint density at radius 2 is 1.54 bits per heavy atom. The lowest BCUT2D eigenvalue weighted by molar-refractivity contribution is 0.0734. The standard InChI is InChI=1S/C24H24N2O2/c1-24(2,3)20-13-11-19(12-14-20)23(27)28-22-15-9-18(10-16-22)17-25-26-21-7-5-4-6-8-21/h4-17,26H,1-3H3. The van der Waals surface area contributed by atoms with E-state index >= 15 is 0 Å². The largest absolute Gasteiger partial charge is 0.423 e. The fourth-order valence-electron chi connectivity index (χ4n) is 2.59. The third-order valence-electron chi connectivity index (χ3n) is 4.26. The van der Waals surface area contributed by atoms with Crippen molar-refractivity contribution in [2.24, 2.45) is 5.10 Å². The fraction of sp³-hybridized carbons (Fsp3) is 0.167. The number of ether oxygens (including phenoxy) is 1. The van der Waals surface area contributed by atoms with Crippen molar-refractivity contribution in [3.63, 3.8) is 0 Å². The number of carbonyl (C=O) groups is 1. The van der Waals surface area contributed by atoms with Gasteiger partial charge in [-0.3, -0.25) is 5.43 Å². The number of hydrazone groups is 1. The molecule has 28 heavy (non-hydrogen) atoms. The Morgan fingerprint density at radius 3 is 2.14 bits per heavy atom. The highest BCUT2D eigenvalue weighted by Crippen LogP contribution is 2.22. The number of hydrogen-bond donors (Lipinski definition) is 1. The summed E-state index contributed by atoms with van der Waals surface area (Å²) in [5, 5.41) is 4.20. The van der Waals surface area contributed by atoms with Crippen molar-refractivity contribution >= 4 is 17.9 Å². The number of benzene rings is 3. The molecule has 4 nitrogen and oxygen atoms in total. The molecule has 0 spiro atoms. The van der Waals surface area contributed by atoms with Crippen molar-refractivity contribution in [1.82, 2.24) is 0 Å². The van der Waals surface area contributed by atoms with Crippen LogP contribution in [0.25, 0.3) is 0 Å². The molecule has 0 atom stereocenters. The number of carbonyl (C=O) groups excluding carboxylic acids is 1. The summed E-state index contributed by atoms with van der Waals surface area (Å²) in [5.74, 6) is 0.130. The minimum Gasteiger partial charge on any atom is -0.423 e. The lowest BCUT2D eigenvalue weighted by Crippen LogP contribution is -2.12. The number of para-hydroxylation sites is 1. The van der Waals surface area contributed by atoms with Gasteiger partial charge in [-0.1, -0.05) is 51.1 Å². The highest BCUT2D eigenvalue weighted by atomic mass is 16.5. The molecule has 0 fully saturated rings. The van der Waals surface area contributed by atoms with Crippen LogP contribution in [0.5, 0.6) is 5.75 Å². The van der Waals surface area contributed by atoms with Gasteiger partial charge in [0.15, 0.2) is 0 Å². The molecule has 4 heteroatoms. The van der Waals surface area contributed by atoms with E-state index in [-0.39, 0.29) is 11.4 Å². The molecule has 0 aromatic heterocycles. The molecule has 0 saturated heterocycles. The maximum atomic E-state index is 12.3. The van der Waals surface area contributed by atoms with Gasteiger partial charge in [-0.15, -0.1) is 0 Å². The summed E-state index contributed by atoms with van der Waals surface area (Å²) in [7, 11) is 0. The van der Waals surface area contributed by atoms with Crippen LogP contribution in [-0.4, -0.2) is 12.2 Å². The molecule has 0 bridgehead atoms. The Hall–Kier alpha value is -3.40. The Labute approximate surface area is 165 Å². The predicted molar refractivity (Wildman–Crippen MR) is 114 cm³/mol.